The van der Waals surface area contributed by atoms with Gasteiger partial charge in [0.1, 0.15) is 0 Å². The summed E-state index contributed by atoms with van der Waals surface area (Å²) in [6.45, 7) is 2.98. The highest BCUT2D eigenvalue weighted by molar-refractivity contribution is 9.10. The van der Waals surface area contributed by atoms with Gasteiger partial charge in [0.2, 0.25) is 10.0 Å². The van der Waals surface area contributed by atoms with Crippen LogP contribution in [-0.4, -0.2) is 40.8 Å². The van der Waals surface area contributed by atoms with Gasteiger partial charge in [0.05, 0.1) is 11.0 Å². The van der Waals surface area contributed by atoms with Crippen LogP contribution in [0.3, 0.4) is 0 Å². The summed E-state index contributed by atoms with van der Waals surface area (Å²) in [4.78, 5) is 0.282. The number of hydrogen-bond acceptors (Lipinski definition) is 4. The first-order valence-electron chi connectivity index (χ1n) is 7.15. The topological polar surface area (TPSA) is 67.4 Å². The van der Waals surface area contributed by atoms with Crippen LogP contribution in [0.2, 0.25) is 0 Å². The maximum Gasteiger partial charge on any atom is 0.240 e. The zero-order valence-electron chi connectivity index (χ0n) is 11.8. The molecule has 0 aliphatic carbocycles. The predicted octanol–water partition coefficient (Wildman–Crippen LogP) is 1.89. The van der Waals surface area contributed by atoms with Crippen molar-refractivity contribution in [3.05, 3.63) is 28.7 Å². The lowest BCUT2D eigenvalue weighted by Crippen LogP contribution is -2.33. The molecule has 2 N–H and O–H groups in total. The van der Waals surface area contributed by atoms with E-state index in [1.54, 1.807) is 24.3 Å². The van der Waals surface area contributed by atoms with Crippen LogP contribution >= 0.6 is 15.9 Å². The van der Waals surface area contributed by atoms with E-state index in [-0.39, 0.29) is 4.90 Å². The minimum Gasteiger partial charge on any atom is -0.378 e. The minimum absolute atomic E-state index is 0.282. The smallest absolute Gasteiger partial charge is 0.240 e. The lowest BCUT2D eigenvalue weighted by Gasteiger charge is -2.22. The Balaban J connectivity index is 1.68. The average Bonchev–Trinajstić information content (AvgIpc) is 2.48. The van der Waals surface area contributed by atoms with Crippen LogP contribution in [0.5, 0.6) is 0 Å². The lowest BCUT2D eigenvalue weighted by molar-refractivity contribution is 0.0322. The first-order valence-corrected chi connectivity index (χ1v) is 9.43. The van der Waals surface area contributed by atoms with Crippen LogP contribution in [0.4, 0.5) is 0 Å². The molecule has 1 aliphatic heterocycles. The van der Waals surface area contributed by atoms with Crippen LogP contribution in [0.25, 0.3) is 0 Å². The van der Waals surface area contributed by atoms with E-state index in [0.717, 1.165) is 30.4 Å². The van der Waals surface area contributed by atoms with Crippen molar-refractivity contribution in [1.29, 1.82) is 0 Å². The largest absolute Gasteiger partial charge is 0.378 e. The van der Waals surface area contributed by atoms with Crippen molar-refractivity contribution >= 4 is 26.0 Å². The zero-order valence-corrected chi connectivity index (χ0v) is 14.2. The monoisotopic (exact) mass is 376 g/mol. The van der Waals surface area contributed by atoms with Crippen molar-refractivity contribution in [2.75, 3.05) is 26.2 Å². The van der Waals surface area contributed by atoms with E-state index in [0.29, 0.717) is 25.7 Å². The van der Waals surface area contributed by atoms with E-state index >= 15 is 0 Å². The van der Waals surface area contributed by atoms with Crippen molar-refractivity contribution in [3.8, 4) is 0 Å². The quantitative estimate of drug-likeness (QED) is 0.713. The SMILES string of the molecule is O=S(=O)(NCCCOC1CCNCC1)c1ccc(Br)cc1. The van der Waals surface area contributed by atoms with Crippen LogP contribution in [0, 0.1) is 0 Å². The summed E-state index contributed by atoms with van der Waals surface area (Å²) < 4.78 is 33.3. The summed E-state index contributed by atoms with van der Waals surface area (Å²) in [6.07, 6.45) is 3.06. The highest BCUT2D eigenvalue weighted by atomic mass is 79.9. The van der Waals surface area contributed by atoms with Crippen molar-refractivity contribution in [1.82, 2.24) is 10.0 Å². The molecule has 1 aromatic rings. The van der Waals surface area contributed by atoms with Gasteiger partial charge in [-0.1, -0.05) is 15.9 Å². The highest BCUT2D eigenvalue weighted by Gasteiger charge is 2.14. The second-order valence-electron chi connectivity index (χ2n) is 5.03. The van der Waals surface area contributed by atoms with Gasteiger partial charge in [-0.05, 0) is 56.6 Å². The number of halogens is 1. The molecule has 1 fully saturated rings. The summed E-state index contributed by atoms with van der Waals surface area (Å²) in [5.41, 5.74) is 0. The van der Waals surface area contributed by atoms with Gasteiger partial charge in [-0.15, -0.1) is 0 Å². The Labute approximate surface area is 134 Å². The normalized spacial score (nSPS) is 17.0. The first-order chi connectivity index (χ1) is 10.1. The van der Waals surface area contributed by atoms with Gasteiger partial charge in [-0.25, -0.2) is 13.1 Å². The number of piperidine rings is 1. The molecule has 0 atom stereocenters. The Morgan fingerprint density at radius 1 is 1.24 bits per heavy atom. The van der Waals surface area contributed by atoms with Crippen molar-refractivity contribution in [3.63, 3.8) is 0 Å². The third kappa shape index (κ3) is 5.67. The Morgan fingerprint density at radius 2 is 1.90 bits per heavy atom. The molecule has 0 unspecified atom stereocenters. The molecule has 1 heterocycles. The maximum atomic E-state index is 12.0. The Morgan fingerprint density at radius 3 is 2.57 bits per heavy atom. The molecule has 0 aromatic heterocycles. The molecule has 1 aromatic carbocycles. The summed E-state index contributed by atoms with van der Waals surface area (Å²) in [5.74, 6) is 0. The van der Waals surface area contributed by atoms with Gasteiger partial charge in [0, 0.05) is 17.6 Å². The summed E-state index contributed by atoms with van der Waals surface area (Å²) in [5, 5.41) is 3.28. The standard InChI is InChI=1S/C14H21BrN2O3S/c15-12-2-4-14(5-3-12)21(18,19)17-8-1-11-20-13-6-9-16-10-7-13/h2-5,13,16-17H,1,6-11H2. The van der Waals surface area contributed by atoms with Gasteiger partial charge < -0.3 is 10.1 Å². The van der Waals surface area contributed by atoms with E-state index in [1.165, 1.54) is 0 Å². The fourth-order valence-corrected chi connectivity index (χ4v) is 3.53. The summed E-state index contributed by atoms with van der Waals surface area (Å²) in [7, 11) is -3.42. The Bertz CT molecular complexity index is 528. The number of nitrogens with one attached hydrogen (secondary N) is 2. The van der Waals surface area contributed by atoms with Crippen molar-refractivity contribution in [2.45, 2.75) is 30.3 Å². The minimum atomic E-state index is -3.42. The second kappa shape index (κ2) is 8.24. The molecule has 0 bridgehead atoms. The Hall–Kier alpha value is -0.470. The molecule has 118 valence electrons. The molecule has 7 heteroatoms. The van der Waals surface area contributed by atoms with Crippen LogP contribution in [0.15, 0.2) is 33.6 Å². The van der Waals surface area contributed by atoms with E-state index in [4.69, 9.17) is 4.74 Å². The van der Waals surface area contributed by atoms with Crippen LogP contribution < -0.4 is 10.0 Å². The number of ether oxygens (including phenoxy) is 1. The predicted molar refractivity (Wildman–Crippen MR) is 85.8 cm³/mol. The molecule has 2 rings (SSSR count). The van der Waals surface area contributed by atoms with Crippen LogP contribution in [0.1, 0.15) is 19.3 Å². The van der Waals surface area contributed by atoms with E-state index in [2.05, 4.69) is 26.0 Å². The summed E-state index contributed by atoms with van der Waals surface area (Å²) in [6, 6.07) is 6.60. The van der Waals surface area contributed by atoms with E-state index in [9.17, 15) is 8.42 Å². The van der Waals surface area contributed by atoms with Gasteiger partial charge in [-0.2, -0.15) is 0 Å². The molecule has 1 aliphatic rings. The first kappa shape index (κ1) is 16.9. The third-order valence-electron chi connectivity index (χ3n) is 3.38. The molecule has 5 nitrogen and oxygen atoms in total. The molecule has 1 saturated heterocycles. The highest BCUT2D eigenvalue weighted by Crippen LogP contribution is 2.14. The van der Waals surface area contributed by atoms with Gasteiger partial charge >= 0.3 is 0 Å². The van der Waals surface area contributed by atoms with Crippen molar-refractivity contribution < 1.29 is 13.2 Å². The molecule has 0 amide bonds. The molecular formula is C14H21BrN2O3S. The lowest BCUT2D eigenvalue weighted by atomic mass is 10.1. The van der Waals surface area contributed by atoms with Crippen LogP contribution in [-0.2, 0) is 14.8 Å². The van der Waals surface area contributed by atoms with Gasteiger partial charge in [-0.3, -0.25) is 0 Å². The van der Waals surface area contributed by atoms with Gasteiger partial charge in [0.25, 0.3) is 0 Å². The molecule has 0 spiro atoms. The molecule has 21 heavy (non-hydrogen) atoms. The summed E-state index contributed by atoms with van der Waals surface area (Å²) >= 11 is 3.29. The number of hydrogen-bond donors (Lipinski definition) is 2. The van der Waals surface area contributed by atoms with Crippen molar-refractivity contribution in [2.24, 2.45) is 0 Å². The molecule has 0 radical (unpaired) electrons. The van der Waals surface area contributed by atoms with Gasteiger partial charge in [0.15, 0.2) is 0 Å². The van der Waals surface area contributed by atoms with E-state index < -0.39 is 10.0 Å². The van der Waals surface area contributed by atoms with E-state index in [1.807, 2.05) is 0 Å². The molecular weight excluding hydrogens is 356 g/mol. The maximum absolute atomic E-state index is 12.0. The number of benzene rings is 1. The zero-order chi connectivity index (χ0) is 15.1. The third-order valence-corrected chi connectivity index (χ3v) is 5.38. The number of sulfonamides is 1. The fourth-order valence-electron chi connectivity index (χ4n) is 2.19. The fraction of sp³-hybridized carbons (Fsp3) is 0.571. The average molecular weight is 377 g/mol. The number of rotatable bonds is 7. The molecule has 0 saturated carbocycles. The second-order valence-corrected chi connectivity index (χ2v) is 7.71. The Kier molecular flexibility index (Phi) is 6.63.